The molecule has 1 fully saturated rings. The Kier molecular flexibility index (Phi) is 3.09. The zero-order chi connectivity index (χ0) is 12.5. The van der Waals surface area contributed by atoms with Crippen LogP contribution in [0.4, 0.5) is 5.69 Å². The number of aliphatic carboxylic acids is 1. The third-order valence-corrected chi connectivity index (χ3v) is 3.68. The first kappa shape index (κ1) is 12.0. The maximum absolute atomic E-state index is 11.4. The molecule has 1 aromatic carbocycles. The molecule has 0 aromatic heterocycles. The molecule has 1 aromatic rings. The molecule has 1 aliphatic rings. The molecule has 0 unspecified atom stereocenters. The van der Waals surface area contributed by atoms with Crippen LogP contribution >= 0.6 is 0 Å². The van der Waals surface area contributed by atoms with Gasteiger partial charge >= 0.3 is 5.97 Å². The van der Waals surface area contributed by atoms with E-state index in [0.717, 1.165) is 37.2 Å². The molecule has 0 radical (unpaired) electrons. The van der Waals surface area contributed by atoms with Gasteiger partial charge in [-0.25, -0.2) is 0 Å². The fourth-order valence-corrected chi connectivity index (χ4v) is 2.44. The van der Waals surface area contributed by atoms with Gasteiger partial charge in [-0.1, -0.05) is 18.2 Å². The monoisotopic (exact) mass is 233 g/mol. The molecule has 0 aliphatic heterocycles. The Morgan fingerprint density at radius 2 is 1.88 bits per heavy atom. The van der Waals surface area contributed by atoms with Crippen LogP contribution in [0.2, 0.25) is 0 Å². The van der Waals surface area contributed by atoms with Gasteiger partial charge in [-0.3, -0.25) is 4.79 Å². The number of benzene rings is 1. The fraction of sp³-hybridized carbons (Fsp3) is 0.500. The molecule has 3 nitrogen and oxygen atoms in total. The van der Waals surface area contributed by atoms with E-state index < -0.39 is 11.4 Å². The fourth-order valence-electron chi connectivity index (χ4n) is 2.44. The molecule has 0 bridgehead atoms. The van der Waals surface area contributed by atoms with Gasteiger partial charge in [0.25, 0.3) is 0 Å². The molecule has 0 atom stereocenters. The lowest BCUT2D eigenvalue weighted by atomic mass is 9.94. The highest BCUT2D eigenvalue weighted by Gasteiger charge is 2.53. The van der Waals surface area contributed by atoms with E-state index in [0.29, 0.717) is 0 Å². The minimum Gasteiger partial charge on any atom is -0.481 e. The topological polar surface area (TPSA) is 40.5 Å². The van der Waals surface area contributed by atoms with Crippen molar-refractivity contribution in [1.29, 1.82) is 0 Å². The van der Waals surface area contributed by atoms with Crippen molar-refractivity contribution in [2.45, 2.75) is 32.1 Å². The lowest BCUT2D eigenvalue weighted by Crippen LogP contribution is -2.27. The summed E-state index contributed by atoms with van der Waals surface area (Å²) in [5.74, 6) is -0.683. The quantitative estimate of drug-likeness (QED) is 0.850. The standard InChI is InChI=1S/C14H19NO2/c1-3-15(4-2)12-8-6-5-7-11(12)14(9-10-14)13(16)17/h5-8H,3-4,9-10H2,1-2H3,(H,16,17). The van der Waals surface area contributed by atoms with Crippen LogP contribution in [0.5, 0.6) is 0 Å². The van der Waals surface area contributed by atoms with Gasteiger partial charge in [0, 0.05) is 18.8 Å². The van der Waals surface area contributed by atoms with E-state index in [2.05, 4.69) is 18.7 Å². The van der Waals surface area contributed by atoms with E-state index in [-0.39, 0.29) is 0 Å². The number of para-hydroxylation sites is 1. The number of hydrogen-bond acceptors (Lipinski definition) is 2. The zero-order valence-corrected chi connectivity index (χ0v) is 10.4. The van der Waals surface area contributed by atoms with E-state index in [9.17, 15) is 9.90 Å². The van der Waals surface area contributed by atoms with E-state index in [1.807, 2.05) is 24.3 Å². The molecule has 0 spiro atoms. The molecule has 3 heteroatoms. The highest BCUT2D eigenvalue weighted by molar-refractivity contribution is 5.87. The Balaban J connectivity index is 2.44. The lowest BCUT2D eigenvalue weighted by Gasteiger charge is -2.26. The number of hydrogen-bond donors (Lipinski definition) is 1. The molecule has 0 saturated heterocycles. The highest BCUT2D eigenvalue weighted by atomic mass is 16.4. The summed E-state index contributed by atoms with van der Waals surface area (Å²) in [6, 6.07) is 7.92. The summed E-state index contributed by atoms with van der Waals surface area (Å²) < 4.78 is 0. The molecule has 92 valence electrons. The summed E-state index contributed by atoms with van der Waals surface area (Å²) in [5.41, 5.74) is 1.45. The Morgan fingerprint density at radius 1 is 1.29 bits per heavy atom. The third-order valence-electron chi connectivity index (χ3n) is 3.68. The van der Waals surface area contributed by atoms with Gasteiger partial charge in [0.15, 0.2) is 0 Å². The molecule has 1 N–H and O–H groups in total. The van der Waals surface area contributed by atoms with Gasteiger partial charge in [0.2, 0.25) is 0 Å². The van der Waals surface area contributed by atoms with Gasteiger partial charge in [0.1, 0.15) is 0 Å². The van der Waals surface area contributed by atoms with Gasteiger partial charge in [-0.15, -0.1) is 0 Å². The SMILES string of the molecule is CCN(CC)c1ccccc1C1(C(=O)O)CC1. The molecule has 1 aliphatic carbocycles. The Bertz CT molecular complexity index is 420. The van der Waals surface area contributed by atoms with E-state index in [1.165, 1.54) is 0 Å². The number of carboxylic acid groups (broad SMARTS) is 1. The molecule has 0 heterocycles. The van der Waals surface area contributed by atoms with Gasteiger partial charge in [-0.05, 0) is 38.3 Å². The van der Waals surface area contributed by atoms with Gasteiger partial charge in [0.05, 0.1) is 5.41 Å². The minimum atomic E-state index is -0.683. The smallest absolute Gasteiger partial charge is 0.314 e. The maximum atomic E-state index is 11.4. The van der Waals surface area contributed by atoms with Crippen molar-refractivity contribution in [3.05, 3.63) is 29.8 Å². The summed E-state index contributed by atoms with van der Waals surface area (Å²) in [7, 11) is 0. The molecule has 2 rings (SSSR count). The number of anilines is 1. The third kappa shape index (κ3) is 1.90. The second kappa shape index (κ2) is 4.40. The average Bonchev–Trinajstić information content (AvgIpc) is 3.12. The molecular formula is C14H19NO2. The Morgan fingerprint density at radius 3 is 2.35 bits per heavy atom. The van der Waals surface area contributed by atoms with Crippen molar-refractivity contribution in [1.82, 2.24) is 0 Å². The van der Waals surface area contributed by atoms with Crippen LogP contribution in [0.3, 0.4) is 0 Å². The highest BCUT2D eigenvalue weighted by Crippen LogP contribution is 2.51. The zero-order valence-electron chi connectivity index (χ0n) is 10.4. The van der Waals surface area contributed by atoms with Crippen molar-refractivity contribution in [3.63, 3.8) is 0 Å². The van der Waals surface area contributed by atoms with Crippen LogP contribution in [0.25, 0.3) is 0 Å². The second-order valence-corrected chi connectivity index (χ2v) is 4.58. The number of rotatable bonds is 5. The van der Waals surface area contributed by atoms with Crippen molar-refractivity contribution >= 4 is 11.7 Å². The first-order valence-electron chi connectivity index (χ1n) is 6.23. The summed E-state index contributed by atoms with van der Waals surface area (Å²) in [6.45, 7) is 6.01. The van der Waals surface area contributed by atoms with E-state index in [1.54, 1.807) is 0 Å². The van der Waals surface area contributed by atoms with Crippen molar-refractivity contribution in [3.8, 4) is 0 Å². The van der Waals surface area contributed by atoms with E-state index in [4.69, 9.17) is 0 Å². The van der Waals surface area contributed by atoms with Crippen molar-refractivity contribution in [2.24, 2.45) is 0 Å². The van der Waals surface area contributed by atoms with Crippen LogP contribution in [0.15, 0.2) is 24.3 Å². The first-order chi connectivity index (χ1) is 8.15. The maximum Gasteiger partial charge on any atom is 0.314 e. The van der Waals surface area contributed by atoms with E-state index >= 15 is 0 Å². The summed E-state index contributed by atoms with van der Waals surface area (Å²) in [4.78, 5) is 13.6. The number of carbonyl (C=O) groups is 1. The van der Waals surface area contributed by atoms with Crippen LogP contribution in [-0.4, -0.2) is 24.2 Å². The second-order valence-electron chi connectivity index (χ2n) is 4.58. The van der Waals surface area contributed by atoms with Gasteiger partial charge < -0.3 is 10.0 Å². The number of carboxylic acids is 1. The Labute approximate surface area is 102 Å². The molecule has 17 heavy (non-hydrogen) atoms. The number of nitrogens with zero attached hydrogens (tertiary/aromatic N) is 1. The average molecular weight is 233 g/mol. The van der Waals surface area contributed by atoms with Crippen molar-refractivity contribution < 1.29 is 9.90 Å². The largest absolute Gasteiger partial charge is 0.481 e. The predicted octanol–water partition coefficient (Wildman–Crippen LogP) is 2.65. The van der Waals surface area contributed by atoms with Crippen LogP contribution in [0, 0.1) is 0 Å². The lowest BCUT2D eigenvalue weighted by molar-refractivity contribution is -0.140. The van der Waals surface area contributed by atoms with Gasteiger partial charge in [-0.2, -0.15) is 0 Å². The molecular weight excluding hydrogens is 214 g/mol. The Hall–Kier alpha value is -1.51. The van der Waals surface area contributed by atoms with Crippen molar-refractivity contribution in [2.75, 3.05) is 18.0 Å². The summed E-state index contributed by atoms with van der Waals surface area (Å²) in [5, 5.41) is 9.39. The predicted molar refractivity (Wildman–Crippen MR) is 68.6 cm³/mol. The summed E-state index contributed by atoms with van der Waals surface area (Å²) >= 11 is 0. The first-order valence-corrected chi connectivity index (χ1v) is 6.23. The normalized spacial score (nSPS) is 16.6. The minimum absolute atomic E-state index is 0.612. The molecule has 0 amide bonds. The molecule has 1 saturated carbocycles. The van der Waals surface area contributed by atoms with Crippen LogP contribution < -0.4 is 4.90 Å². The van der Waals surface area contributed by atoms with Crippen LogP contribution in [-0.2, 0) is 10.2 Å². The summed E-state index contributed by atoms with van der Waals surface area (Å²) in [6.07, 6.45) is 1.53. The van der Waals surface area contributed by atoms with Crippen LogP contribution in [0.1, 0.15) is 32.3 Å².